The molecule has 0 spiro atoms. The van der Waals surface area contributed by atoms with E-state index in [1.807, 2.05) is 13.8 Å². The number of nitrogen functional groups attached to an aromatic ring is 1. The molecule has 0 atom stereocenters. The van der Waals surface area contributed by atoms with Gasteiger partial charge in [0, 0.05) is 25.1 Å². The van der Waals surface area contributed by atoms with Crippen LogP contribution in [0.4, 0.5) is 11.6 Å². The van der Waals surface area contributed by atoms with Crippen LogP contribution in [-0.2, 0) is 16.4 Å². The Balaban J connectivity index is 2.59. The Labute approximate surface area is 119 Å². The number of rotatable bonds is 8. The molecule has 0 bridgehead atoms. The molecule has 0 saturated heterocycles. The molecule has 0 radical (unpaired) electrons. The van der Waals surface area contributed by atoms with Crippen molar-refractivity contribution in [1.29, 1.82) is 0 Å². The molecule has 0 aliphatic heterocycles. The molecule has 1 rings (SSSR count). The fourth-order valence-corrected chi connectivity index (χ4v) is 2.10. The van der Waals surface area contributed by atoms with E-state index in [9.17, 15) is 8.42 Å². The standard InChI is InChI=1S/C11H22N6O2S/c1-4-9-15-10(8(2)11(16-9)17-12)13-6-5-7-14-20(3,18)19/h14H,4-7,12H2,1-3H3,(H2,13,15,16,17). The number of nitrogens with one attached hydrogen (secondary N) is 3. The van der Waals surface area contributed by atoms with Gasteiger partial charge >= 0.3 is 0 Å². The summed E-state index contributed by atoms with van der Waals surface area (Å²) in [5.74, 6) is 7.42. The molecule has 20 heavy (non-hydrogen) atoms. The van der Waals surface area contributed by atoms with Crippen LogP contribution in [0, 0.1) is 6.92 Å². The van der Waals surface area contributed by atoms with Gasteiger partial charge in [-0.15, -0.1) is 0 Å². The second-order valence-corrected chi connectivity index (χ2v) is 6.24. The van der Waals surface area contributed by atoms with Gasteiger partial charge in [0.1, 0.15) is 17.5 Å². The minimum absolute atomic E-state index is 0.387. The molecule has 114 valence electrons. The Hall–Kier alpha value is -1.45. The zero-order chi connectivity index (χ0) is 15.2. The van der Waals surface area contributed by atoms with Crippen LogP contribution in [0.5, 0.6) is 0 Å². The fraction of sp³-hybridized carbons (Fsp3) is 0.636. The molecule has 0 amide bonds. The van der Waals surface area contributed by atoms with Crippen molar-refractivity contribution in [2.24, 2.45) is 5.84 Å². The summed E-state index contributed by atoms with van der Waals surface area (Å²) in [6.07, 6.45) is 2.50. The highest BCUT2D eigenvalue weighted by atomic mass is 32.2. The number of aryl methyl sites for hydroxylation is 1. The Bertz CT molecular complexity index is 546. The average Bonchev–Trinajstić information content (AvgIpc) is 2.38. The summed E-state index contributed by atoms with van der Waals surface area (Å²) < 4.78 is 24.3. The molecule has 0 fully saturated rings. The van der Waals surface area contributed by atoms with Gasteiger partial charge in [0.25, 0.3) is 0 Å². The summed E-state index contributed by atoms with van der Waals surface area (Å²) in [5.41, 5.74) is 3.38. The van der Waals surface area contributed by atoms with Crippen LogP contribution in [0.2, 0.25) is 0 Å². The Morgan fingerprint density at radius 3 is 2.40 bits per heavy atom. The van der Waals surface area contributed by atoms with E-state index in [4.69, 9.17) is 5.84 Å². The third-order valence-corrected chi connectivity index (χ3v) is 3.38. The molecule has 1 aromatic rings. The normalized spacial score (nSPS) is 11.4. The number of hydrogen-bond donors (Lipinski definition) is 4. The van der Waals surface area contributed by atoms with Crippen LogP contribution in [0.15, 0.2) is 0 Å². The first-order valence-corrected chi connectivity index (χ1v) is 8.29. The second-order valence-electron chi connectivity index (χ2n) is 4.41. The lowest BCUT2D eigenvalue weighted by atomic mass is 10.3. The van der Waals surface area contributed by atoms with Crippen LogP contribution >= 0.6 is 0 Å². The predicted octanol–water partition coefficient (Wildman–Crippen LogP) is -0.0158. The topological polar surface area (TPSA) is 122 Å². The van der Waals surface area contributed by atoms with E-state index < -0.39 is 10.0 Å². The van der Waals surface area contributed by atoms with Gasteiger partial charge in [-0.05, 0) is 13.3 Å². The van der Waals surface area contributed by atoms with Crippen molar-refractivity contribution in [3.8, 4) is 0 Å². The molecule has 9 heteroatoms. The molecule has 0 aromatic carbocycles. The smallest absolute Gasteiger partial charge is 0.208 e. The minimum Gasteiger partial charge on any atom is -0.370 e. The summed E-state index contributed by atoms with van der Waals surface area (Å²) in [6.45, 7) is 4.82. The van der Waals surface area contributed by atoms with Crippen molar-refractivity contribution >= 4 is 21.7 Å². The highest BCUT2D eigenvalue weighted by Crippen LogP contribution is 2.19. The van der Waals surface area contributed by atoms with Gasteiger partial charge in [-0.25, -0.2) is 29.0 Å². The van der Waals surface area contributed by atoms with Crippen molar-refractivity contribution in [2.45, 2.75) is 26.7 Å². The van der Waals surface area contributed by atoms with E-state index in [2.05, 4.69) is 25.4 Å². The monoisotopic (exact) mass is 302 g/mol. The number of nitrogens with two attached hydrogens (primary N) is 1. The molecule has 1 heterocycles. The van der Waals surface area contributed by atoms with Gasteiger partial charge in [-0.2, -0.15) is 0 Å². The first-order chi connectivity index (χ1) is 9.37. The molecule has 0 saturated carbocycles. The zero-order valence-electron chi connectivity index (χ0n) is 12.0. The first kappa shape index (κ1) is 16.6. The maximum absolute atomic E-state index is 10.9. The molecule has 1 aromatic heterocycles. The lowest BCUT2D eigenvalue weighted by Crippen LogP contribution is -2.24. The van der Waals surface area contributed by atoms with Crippen molar-refractivity contribution in [3.05, 3.63) is 11.4 Å². The lowest BCUT2D eigenvalue weighted by Gasteiger charge is -2.13. The van der Waals surface area contributed by atoms with Crippen molar-refractivity contribution < 1.29 is 8.42 Å². The molecular formula is C11H22N6O2S. The Morgan fingerprint density at radius 1 is 1.20 bits per heavy atom. The SMILES string of the molecule is CCc1nc(NN)c(C)c(NCCCNS(C)(=O)=O)n1. The van der Waals surface area contributed by atoms with E-state index in [1.54, 1.807) is 0 Å². The summed E-state index contributed by atoms with van der Waals surface area (Å²) in [6, 6.07) is 0. The maximum atomic E-state index is 10.9. The molecule has 0 unspecified atom stereocenters. The van der Waals surface area contributed by atoms with Crippen molar-refractivity contribution in [2.75, 3.05) is 30.1 Å². The largest absolute Gasteiger partial charge is 0.370 e. The number of hydrazine groups is 1. The molecule has 5 N–H and O–H groups in total. The maximum Gasteiger partial charge on any atom is 0.208 e. The molecule has 0 aliphatic rings. The number of sulfonamides is 1. The predicted molar refractivity (Wildman–Crippen MR) is 79.9 cm³/mol. The number of hydrogen-bond acceptors (Lipinski definition) is 7. The van der Waals surface area contributed by atoms with Gasteiger partial charge in [0.15, 0.2) is 0 Å². The van der Waals surface area contributed by atoms with Gasteiger partial charge in [-0.1, -0.05) is 6.92 Å². The number of anilines is 2. The van der Waals surface area contributed by atoms with Gasteiger partial charge < -0.3 is 10.7 Å². The Kier molecular flexibility index (Phi) is 6.11. The first-order valence-electron chi connectivity index (χ1n) is 6.40. The van der Waals surface area contributed by atoms with Gasteiger partial charge in [-0.3, -0.25) is 0 Å². The van der Waals surface area contributed by atoms with Crippen molar-refractivity contribution in [3.63, 3.8) is 0 Å². The van der Waals surface area contributed by atoms with Crippen LogP contribution in [0.1, 0.15) is 24.7 Å². The molecule has 8 nitrogen and oxygen atoms in total. The zero-order valence-corrected chi connectivity index (χ0v) is 12.8. The van der Waals surface area contributed by atoms with E-state index >= 15 is 0 Å². The summed E-state index contributed by atoms with van der Waals surface area (Å²) in [5, 5.41) is 3.17. The Morgan fingerprint density at radius 2 is 1.85 bits per heavy atom. The van der Waals surface area contributed by atoms with Crippen LogP contribution < -0.4 is 21.3 Å². The minimum atomic E-state index is -3.13. The van der Waals surface area contributed by atoms with Crippen LogP contribution in [0.25, 0.3) is 0 Å². The average molecular weight is 302 g/mol. The summed E-state index contributed by atoms with van der Waals surface area (Å²) in [7, 11) is -3.13. The second kappa shape index (κ2) is 7.36. The van der Waals surface area contributed by atoms with E-state index in [1.165, 1.54) is 0 Å². The third-order valence-electron chi connectivity index (χ3n) is 2.66. The van der Waals surface area contributed by atoms with Gasteiger partial charge in [0.2, 0.25) is 10.0 Å². The quantitative estimate of drug-likeness (QED) is 0.302. The number of nitrogens with zero attached hydrogens (tertiary/aromatic N) is 2. The highest BCUT2D eigenvalue weighted by Gasteiger charge is 2.09. The highest BCUT2D eigenvalue weighted by molar-refractivity contribution is 7.88. The summed E-state index contributed by atoms with van der Waals surface area (Å²) >= 11 is 0. The van der Waals surface area contributed by atoms with Crippen LogP contribution in [-0.4, -0.2) is 37.7 Å². The molecule has 0 aliphatic carbocycles. The summed E-state index contributed by atoms with van der Waals surface area (Å²) in [4.78, 5) is 8.66. The van der Waals surface area contributed by atoms with Crippen molar-refractivity contribution in [1.82, 2.24) is 14.7 Å². The molecular weight excluding hydrogens is 280 g/mol. The van der Waals surface area contributed by atoms with Gasteiger partial charge in [0.05, 0.1) is 6.26 Å². The lowest BCUT2D eigenvalue weighted by molar-refractivity contribution is 0.586. The fourth-order valence-electron chi connectivity index (χ4n) is 1.59. The van der Waals surface area contributed by atoms with E-state index in [-0.39, 0.29) is 0 Å². The van der Waals surface area contributed by atoms with E-state index in [0.29, 0.717) is 43.4 Å². The van der Waals surface area contributed by atoms with Crippen LogP contribution in [0.3, 0.4) is 0 Å². The third kappa shape index (κ3) is 5.27. The van der Waals surface area contributed by atoms with E-state index in [0.717, 1.165) is 11.8 Å². The number of aromatic nitrogens is 2.